The Bertz CT molecular complexity index is 942. The van der Waals surface area contributed by atoms with Gasteiger partial charge in [0.05, 0.1) is 6.20 Å². The van der Waals surface area contributed by atoms with E-state index in [0.717, 1.165) is 37.7 Å². The van der Waals surface area contributed by atoms with Gasteiger partial charge in [-0.25, -0.2) is 0 Å². The summed E-state index contributed by atoms with van der Waals surface area (Å²) in [5.74, 6) is 1.40. The lowest BCUT2D eigenvalue weighted by atomic mass is 10.1. The second kappa shape index (κ2) is 7.84. The summed E-state index contributed by atoms with van der Waals surface area (Å²) in [5, 5.41) is 11.6. The zero-order valence-corrected chi connectivity index (χ0v) is 16.7. The van der Waals surface area contributed by atoms with Crippen molar-refractivity contribution in [2.24, 2.45) is 0 Å². The fourth-order valence-corrected chi connectivity index (χ4v) is 3.69. The summed E-state index contributed by atoms with van der Waals surface area (Å²) in [6.07, 6.45) is 1.75. The van der Waals surface area contributed by atoms with Crippen molar-refractivity contribution in [1.29, 1.82) is 0 Å². The molecule has 4 rings (SSSR count). The standard InChI is InChI=1S/C22H26N6/c1-16-5-4-6-20(14-16)27-7-9-28(10-8-27)21-15-23-26-22(25-21)24-19-12-17(2)11-18(3)13-19/h4-6,11-15H,7-10H2,1-3H3,(H,24,25,26). The van der Waals surface area contributed by atoms with E-state index >= 15 is 0 Å². The second-order valence-corrected chi connectivity index (χ2v) is 7.45. The van der Waals surface area contributed by atoms with Crippen LogP contribution in [-0.4, -0.2) is 41.4 Å². The molecular weight excluding hydrogens is 348 g/mol. The molecule has 0 spiro atoms. The lowest BCUT2D eigenvalue weighted by Crippen LogP contribution is -2.47. The van der Waals surface area contributed by atoms with Crippen molar-refractivity contribution in [2.45, 2.75) is 20.8 Å². The molecule has 2 heterocycles. The van der Waals surface area contributed by atoms with Gasteiger partial charge in [-0.2, -0.15) is 10.1 Å². The van der Waals surface area contributed by atoms with Gasteiger partial charge in [0.15, 0.2) is 5.82 Å². The number of aromatic nitrogens is 3. The quantitative estimate of drug-likeness (QED) is 0.748. The highest BCUT2D eigenvalue weighted by Crippen LogP contribution is 2.21. The van der Waals surface area contributed by atoms with Crippen LogP contribution in [0.5, 0.6) is 0 Å². The SMILES string of the molecule is Cc1cc(C)cc(Nc2nncc(N3CCN(c4cccc(C)c4)CC3)n2)c1. The van der Waals surface area contributed by atoms with Crippen LogP contribution >= 0.6 is 0 Å². The Morgan fingerprint density at radius 3 is 2.25 bits per heavy atom. The zero-order chi connectivity index (χ0) is 19.5. The predicted octanol–water partition coefficient (Wildman–Crippen LogP) is 3.87. The smallest absolute Gasteiger partial charge is 0.249 e. The fraction of sp³-hybridized carbons (Fsp3) is 0.318. The van der Waals surface area contributed by atoms with Gasteiger partial charge in [-0.3, -0.25) is 0 Å². The first kappa shape index (κ1) is 18.2. The fourth-order valence-electron chi connectivity index (χ4n) is 3.69. The molecule has 0 bridgehead atoms. The molecule has 6 heteroatoms. The van der Waals surface area contributed by atoms with Crippen LogP contribution in [0.15, 0.2) is 48.7 Å². The predicted molar refractivity (Wildman–Crippen MR) is 115 cm³/mol. The molecule has 28 heavy (non-hydrogen) atoms. The highest BCUT2D eigenvalue weighted by molar-refractivity contribution is 5.57. The van der Waals surface area contributed by atoms with E-state index in [1.54, 1.807) is 6.20 Å². The second-order valence-electron chi connectivity index (χ2n) is 7.45. The van der Waals surface area contributed by atoms with Crippen LogP contribution in [0.4, 0.5) is 23.1 Å². The van der Waals surface area contributed by atoms with Crippen molar-refractivity contribution >= 4 is 23.1 Å². The normalized spacial score (nSPS) is 14.2. The van der Waals surface area contributed by atoms with Crippen molar-refractivity contribution in [3.8, 4) is 0 Å². The summed E-state index contributed by atoms with van der Waals surface area (Å²) >= 11 is 0. The molecule has 1 saturated heterocycles. The summed E-state index contributed by atoms with van der Waals surface area (Å²) in [4.78, 5) is 9.38. The van der Waals surface area contributed by atoms with E-state index < -0.39 is 0 Å². The minimum Gasteiger partial charge on any atom is -0.368 e. The average Bonchev–Trinajstić information content (AvgIpc) is 2.67. The molecule has 0 saturated carbocycles. The summed E-state index contributed by atoms with van der Waals surface area (Å²) < 4.78 is 0. The van der Waals surface area contributed by atoms with E-state index in [0.29, 0.717) is 5.95 Å². The maximum Gasteiger partial charge on any atom is 0.249 e. The molecule has 2 aromatic carbocycles. The van der Waals surface area contributed by atoms with Gasteiger partial charge in [-0.05, 0) is 61.7 Å². The number of nitrogens with zero attached hydrogens (tertiary/aromatic N) is 5. The van der Waals surface area contributed by atoms with Crippen LogP contribution in [0.1, 0.15) is 16.7 Å². The van der Waals surface area contributed by atoms with Crippen LogP contribution in [-0.2, 0) is 0 Å². The highest BCUT2D eigenvalue weighted by Gasteiger charge is 2.19. The average molecular weight is 374 g/mol. The molecule has 0 atom stereocenters. The Labute approximate surface area is 166 Å². The van der Waals surface area contributed by atoms with E-state index in [4.69, 9.17) is 0 Å². The number of nitrogens with one attached hydrogen (secondary N) is 1. The van der Waals surface area contributed by atoms with Gasteiger partial charge in [0, 0.05) is 37.6 Å². The van der Waals surface area contributed by atoms with Crippen molar-refractivity contribution in [3.63, 3.8) is 0 Å². The molecule has 1 aromatic heterocycles. The first-order valence-electron chi connectivity index (χ1n) is 9.68. The molecular formula is C22H26N6. The van der Waals surface area contributed by atoms with E-state index in [9.17, 15) is 0 Å². The number of hydrogen-bond donors (Lipinski definition) is 1. The molecule has 6 nitrogen and oxygen atoms in total. The monoisotopic (exact) mass is 374 g/mol. The van der Waals surface area contributed by atoms with E-state index in [2.05, 4.69) is 93.5 Å². The van der Waals surface area contributed by atoms with Crippen molar-refractivity contribution in [3.05, 3.63) is 65.4 Å². The molecule has 0 radical (unpaired) electrons. The maximum atomic E-state index is 4.69. The van der Waals surface area contributed by atoms with Gasteiger partial charge < -0.3 is 15.1 Å². The number of aryl methyl sites for hydroxylation is 3. The van der Waals surface area contributed by atoms with Gasteiger partial charge in [0.1, 0.15) is 0 Å². The number of benzene rings is 2. The highest BCUT2D eigenvalue weighted by atomic mass is 15.3. The topological polar surface area (TPSA) is 57.2 Å². The van der Waals surface area contributed by atoms with E-state index in [-0.39, 0.29) is 0 Å². The molecule has 1 aliphatic rings. The number of anilines is 4. The van der Waals surface area contributed by atoms with Crippen molar-refractivity contribution < 1.29 is 0 Å². The molecule has 0 amide bonds. The Balaban J connectivity index is 1.43. The Hall–Kier alpha value is -3.15. The van der Waals surface area contributed by atoms with Gasteiger partial charge in [0.2, 0.25) is 5.95 Å². The van der Waals surface area contributed by atoms with Crippen LogP contribution in [0.25, 0.3) is 0 Å². The third-order valence-electron chi connectivity index (χ3n) is 4.99. The minimum atomic E-state index is 0.531. The number of hydrogen-bond acceptors (Lipinski definition) is 6. The van der Waals surface area contributed by atoms with Gasteiger partial charge >= 0.3 is 0 Å². The van der Waals surface area contributed by atoms with E-state index in [1.807, 2.05) is 0 Å². The Kier molecular flexibility index (Phi) is 5.10. The third-order valence-corrected chi connectivity index (χ3v) is 4.99. The molecule has 0 aliphatic carbocycles. The van der Waals surface area contributed by atoms with Crippen molar-refractivity contribution in [1.82, 2.24) is 15.2 Å². The lowest BCUT2D eigenvalue weighted by Gasteiger charge is -2.36. The lowest BCUT2D eigenvalue weighted by molar-refractivity contribution is 0.644. The molecule has 144 valence electrons. The summed E-state index contributed by atoms with van der Waals surface area (Å²) in [7, 11) is 0. The Morgan fingerprint density at radius 1 is 0.821 bits per heavy atom. The summed E-state index contributed by atoms with van der Waals surface area (Å²) in [5.41, 5.74) is 5.98. The first-order chi connectivity index (χ1) is 13.6. The maximum absolute atomic E-state index is 4.69. The van der Waals surface area contributed by atoms with Crippen LogP contribution in [0, 0.1) is 20.8 Å². The largest absolute Gasteiger partial charge is 0.368 e. The molecule has 3 aromatic rings. The summed E-state index contributed by atoms with van der Waals surface area (Å²) in [6.45, 7) is 10.1. The molecule has 1 fully saturated rings. The van der Waals surface area contributed by atoms with Gasteiger partial charge in [0.25, 0.3) is 0 Å². The molecule has 1 N–H and O–H groups in total. The van der Waals surface area contributed by atoms with Crippen LogP contribution in [0.2, 0.25) is 0 Å². The van der Waals surface area contributed by atoms with Crippen LogP contribution in [0.3, 0.4) is 0 Å². The third kappa shape index (κ3) is 4.22. The summed E-state index contributed by atoms with van der Waals surface area (Å²) in [6, 6.07) is 15.0. The van der Waals surface area contributed by atoms with Crippen molar-refractivity contribution in [2.75, 3.05) is 41.3 Å². The van der Waals surface area contributed by atoms with Gasteiger partial charge in [-0.15, -0.1) is 5.10 Å². The molecule has 0 unspecified atom stereocenters. The minimum absolute atomic E-state index is 0.531. The first-order valence-corrected chi connectivity index (χ1v) is 9.68. The van der Waals surface area contributed by atoms with Gasteiger partial charge in [-0.1, -0.05) is 18.2 Å². The van der Waals surface area contributed by atoms with Crippen LogP contribution < -0.4 is 15.1 Å². The zero-order valence-electron chi connectivity index (χ0n) is 16.7. The van der Waals surface area contributed by atoms with E-state index in [1.165, 1.54) is 22.4 Å². The molecule has 1 aliphatic heterocycles. The Morgan fingerprint density at radius 2 is 1.54 bits per heavy atom. The number of rotatable bonds is 4. The number of piperazine rings is 1.